The number of aliphatic hydroxyl groups excluding tert-OH is 1. The molecule has 0 atom stereocenters. The smallest absolute Gasteiger partial charge is 0.168 e. The Hall–Kier alpha value is -0.850. The Morgan fingerprint density at radius 2 is 2.28 bits per heavy atom. The Bertz CT molecular complexity index is 559. The quantitative estimate of drug-likeness (QED) is 0.875. The molecule has 0 amide bonds. The molecule has 1 aromatic carbocycles. The van der Waals surface area contributed by atoms with Gasteiger partial charge in [-0.05, 0) is 27.6 Å². The van der Waals surface area contributed by atoms with E-state index in [9.17, 15) is 4.39 Å². The number of nitrogens with zero attached hydrogens (tertiary/aromatic N) is 2. The molecule has 2 rings (SSSR count). The molecule has 96 valence electrons. The molecule has 1 N–H and O–H groups in total. The summed E-state index contributed by atoms with van der Waals surface area (Å²) in [6, 6.07) is 4.98. The van der Waals surface area contributed by atoms with Crippen molar-refractivity contribution in [2.45, 2.75) is 17.5 Å². The Kier molecular flexibility index (Phi) is 4.42. The molecule has 0 aliphatic carbocycles. The van der Waals surface area contributed by atoms with E-state index in [0.29, 0.717) is 10.2 Å². The van der Waals surface area contributed by atoms with Crippen molar-refractivity contribution < 1.29 is 9.50 Å². The van der Waals surface area contributed by atoms with Crippen LogP contribution in [-0.2, 0) is 19.4 Å². The molecule has 0 aliphatic rings. The van der Waals surface area contributed by atoms with E-state index in [1.165, 1.54) is 17.8 Å². The van der Waals surface area contributed by atoms with Crippen molar-refractivity contribution in [2.75, 3.05) is 0 Å². The maximum atomic E-state index is 13.3. The second-order valence-electron chi connectivity index (χ2n) is 3.75. The normalized spacial score (nSPS) is 10.9. The van der Waals surface area contributed by atoms with Crippen LogP contribution in [0.1, 0.15) is 11.3 Å². The SMILES string of the molecule is Cn1c(CO)cnc1SCc1cccc(F)c1Br. The second-order valence-corrected chi connectivity index (χ2v) is 5.49. The van der Waals surface area contributed by atoms with Crippen LogP contribution in [-0.4, -0.2) is 14.7 Å². The van der Waals surface area contributed by atoms with Crippen LogP contribution in [0.4, 0.5) is 4.39 Å². The predicted molar refractivity (Wildman–Crippen MR) is 72.8 cm³/mol. The van der Waals surface area contributed by atoms with Gasteiger partial charge in [0.1, 0.15) is 5.82 Å². The van der Waals surface area contributed by atoms with E-state index in [0.717, 1.165) is 16.4 Å². The van der Waals surface area contributed by atoms with Crippen LogP contribution >= 0.6 is 27.7 Å². The Morgan fingerprint density at radius 3 is 2.94 bits per heavy atom. The standard InChI is InChI=1S/C12H12BrFN2OS/c1-16-9(6-17)5-15-12(16)18-7-8-3-2-4-10(14)11(8)13/h2-5,17H,6-7H2,1H3. The zero-order chi connectivity index (χ0) is 13.1. The van der Waals surface area contributed by atoms with Crippen molar-refractivity contribution in [2.24, 2.45) is 7.05 Å². The largest absolute Gasteiger partial charge is 0.390 e. The first-order chi connectivity index (χ1) is 8.63. The van der Waals surface area contributed by atoms with Gasteiger partial charge in [0, 0.05) is 12.8 Å². The molecule has 0 aliphatic heterocycles. The van der Waals surface area contributed by atoms with Crippen molar-refractivity contribution >= 4 is 27.7 Å². The molecule has 0 radical (unpaired) electrons. The monoisotopic (exact) mass is 330 g/mol. The van der Waals surface area contributed by atoms with Gasteiger partial charge < -0.3 is 9.67 Å². The molecule has 3 nitrogen and oxygen atoms in total. The van der Waals surface area contributed by atoms with Crippen molar-refractivity contribution in [3.63, 3.8) is 0 Å². The summed E-state index contributed by atoms with van der Waals surface area (Å²) in [5, 5.41) is 9.87. The molecule has 1 aromatic heterocycles. The Morgan fingerprint density at radius 1 is 1.50 bits per heavy atom. The molecule has 0 saturated carbocycles. The minimum absolute atomic E-state index is 0.0340. The van der Waals surface area contributed by atoms with Crippen LogP contribution in [0.25, 0.3) is 0 Å². The predicted octanol–water partition coefficient (Wildman–Crippen LogP) is 3.11. The highest BCUT2D eigenvalue weighted by Crippen LogP contribution is 2.28. The lowest BCUT2D eigenvalue weighted by atomic mass is 10.2. The molecule has 0 spiro atoms. The van der Waals surface area contributed by atoms with Gasteiger partial charge >= 0.3 is 0 Å². The highest BCUT2D eigenvalue weighted by molar-refractivity contribution is 9.10. The number of aromatic nitrogens is 2. The molecule has 2 aromatic rings. The van der Waals surface area contributed by atoms with Crippen LogP contribution in [0.2, 0.25) is 0 Å². The van der Waals surface area contributed by atoms with Gasteiger partial charge in [-0.15, -0.1) is 0 Å². The summed E-state index contributed by atoms with van der Waals surface area (Å²) < 4.78 is 15.7. The number of hydrogen-bond acceptors (Lipinski definition) is 3. The zero-order valence-electron chi connectivity index (χ0n) is 9.73. The van der Waals surface area contributed by atoms with E-state index in [1.54, 1.807) is 12.3 Å². The minimum Gasteiger partial charge on any atom is -0.390 e. The van der Waals surface area contributed by atoms with Crippen molar-refractivity contribution in [1.82, 2.24) is 9.55 Å². The van der Waals surface area contributed by atoms with Gasteiger partial charge in [0.2, 0.25) is 0 Å². The van der Waals surface area contributed by atoms with Crippen LogP contribution in [0, 0.1) is 5.82 Å². The number of imidazole rings is 1. The summed E-state index contributed by atoms with van der Waals surface area (Å²) >= 11 is 4.74. The fourth-order valence-electron chi connectivity index (χ4n) is 1.51. The van der Waals surface area contributed by atoms with Gasteiger partial charge in [0.05, 0.1) is 23.0 Å². The van der Waals surface area contributed by atoms with Gasteiger partial charge in [0.25, 0.3) is 0 Å². The fraction of sp³-hybridized carbons (Fsp3) is 0.250. The van der Waals surface area contributed by atoms with Gasteiger partial charge in [-0.25, -0.2) is 9.37 Å². The van der Waals surface area contributed by atoms with Crippen molar-refractivity contribution in [3.05, 3.63) is 45.9 Å². The van der Waals surface area contributed by atoms with E-state index in [4.69, 9.17) is 5.11 Å². The lowest BCUT2D eigenvalue weighted by Gasteiger charge is -2.06. The number of hydrogen-bond donors (Lipinski definition) is 1. The van der Waals surface area contributed by atoms with E-state index >= 15 is 0 Å². The topological polar surface area (TPSA) is 38.0 Å². The second kappa shape index (κ2) is 5.86. The lowest BCUT2D eigenvalue weighted by Crippen LogP contribution is -1.97. The van der Waals surface area contributed by atoms with Gasteiger partial charge in [-0.1, -0.05) is 23.9 Å². The zero-order valence-corrected chi connectivity index (χ0v) is 12.1. The molecule has 0 saturated heterocycles. The summed E-state index contributed by atoms with van der Waals surface area (Å²) in [7, 11) is 1.85. The fourth-order valence-corrected chi connectivity index (χ4v) is 3.06. The third-order valence-electron chi connectivity index (χ3n) is 2.59. The molecular weight excluding hydrogens is 319 g/mol. The highest BCUT2D eigenvalue weighted by atomic mass is 79.9. The maximum absolute atomic E-state index is 13.3. The number of aliphatic hydroxyl groups is 1. The van der Waals surface area contributed by atoms with E-state index in [2.05, 4.69) is 20.9 Å². The number of thioether (sulfide) groups is 1. The summed E-state index contributed by atoms with van der Waals surface area (Å²) in [5.41, 5.74) is 1.64. The first kappa shape index (κ1) is 13.6. The highest BCUT2D eigenvalue weighted by Gasteiger charge is 2.09. The average molecular weight is 331 g/mol. The molecular formula is C12H12BrFN2OS. The Labute approximate surface area is 117 Å². The number of halogens is 2. The average Bonchev–Trinajstić information content (AvgIpc) is 2.72. The van der Waals surface area contributed by atoms with Crippen LogP contribution < -0.4 is 0 Å². The van der Waals surface area contributed by atoms with Crippen LogP contribution in [0.3, 0.4) is 0 Å². The third kappa shape index (κ3) is 2.76. The Balaban J connectivity index is 2.11. The molecule has 0 bridgehead atoms. The van der Waals surface area contributed by atoms with Gasteiger partial charge in [0.15, 0.2) is 5.16 Å². The van der Waals surface area contributed by atoms with Crippen LogP contribution in [0.5, 0.6) is 0 Å². The molecule has 6 heteroatoms. The van der Waals surface area contributed by atoms with E-state index in [1.807, 2.05) is 17.7 Å². The summed E-state index contributed by atoms with van der Waals surface area (Å²) in [6.07, 6.45) is 1.64. The summed E-state index contributed by atoms with van der Waals surface area (Å²) in [5.74, 6) is 0.359. The molecule has 1 heterocycles. The van der Waals surface area contributed by atoms with Gasteiger partial charge in [-0.2, -0.15) is 0 Å². The summed E-state index contributed by atoms with van der Waals surface area (Å²) in [4.78, 5) is 4.21. The summed E-state index contributed by atoms with van der Waals surface area (Å²) in [6.45, 7) is -0.0340. The maximum Gasteiger partial charge on any atom is 0.168 e. The lowest BCUT2D eigenvalue weighted by molar-refractivity contribution is 0.271. The first-order valence-electron chi connectivity index (χ1n) is 5.30. The van der Waals surface area contributed by atoms with Gasteiger partial charge in [-0.3, -0.25) is 0 Å². The molecule has 18 heavy (non-hydrogen) atoms. The van der Waals surface area contributed by atoms with E-state index < -0.39 is 0 Å². The number of rotatable bonds is 4. The third-order valence-corrected chi connectivity index (χ3v) is 4.57. The molecule has 0 fully saturated rings. The van der Waals surface area contributed by atoms with Crippen LogP contribution in [0.15, 0.2) is 34.0 Å². The minimum atomic E-state index is -0.260. The molecule has 0 unspecified atom stereocenters. The van der Waals surface area contributed by atoms with E-state index in [-0.39, 0.29) is 12.4 Å². The van der Waals surface area contributed by atoms with Crippen molar-refractivity contribution in [3.8, 4) is 0 Å². The first-order valence-corrected chi connectivity index (χ1v) is 7.08. The van der Waals surface area contributed by atoms with Crippen molar-refractivity contribution in [1.29, 1.82) is 0 Å². The number of benzene rings is 1.